The summed E-state index contributed by atoms with van der Waals surface area (Å²) < 4.78 is 26.4. The van der Waals surface area contributed by atoms with Crippen LogP contribution in [0.3, 0.4) is 0 Å². The highest BCUT2D eigenvalue weighted by Gasteiger charge is 2.35. The molecule has 1 aromatic carbocycles. The zero-order valence-corrected chi connectivity index (χ0v) is 13.0. The van der Waals surface area contributed by atoms with E-state index in [0.717, 1.165) is 18.2 Å². The Hall–Kier alpha value is -1.36. The minimum atomic E-state index is -3.91. The van der Waals surface area contributed by atoms with Gasteiger partial charge in [0.05, 0.1) is 10.6 Å². The quantitative estimate of drug-likeness (QED) is 0.469. The van der Waals surface area contributed by atoms with E-state index in [9.17, 15) is 18.5 Å². The highest BCUT2D eigenvalue weighted by Crippen LogP contribution is 2.32. The molecule has 1 unspecified atom stereocenters. The van der Waals surface area contributed by atoms with E-state index >= 15 is 0 Å². The number of nitrogen functional groups attached to an aromatic ring is 1. The Morgan fingerprint density at radius 3 is 2.76 bits per heavy atom. The molecule has 0 aliphatic carbocycles. The second kappa shape index (κ2) is 6.18. The molecule has 1 fully saturated rings. The van der Waals surface area contributed by atoms with Gasteiger partial charge in [0.15, 0.2) is 4.90 Å². The fraction of sp³-hybridized carbons (Fsp3) is 0.455. The standard InChI is InChI=1S/C11H16N4O4S2/c1-14(9-4-5-20-7-9)21(18,19)11-3-2-8(13-12)6-10(11)15(16)17/h2-3,6,9,13H,4-5,7,12H2,1H3. The molecule has 10 heteroatoms. The van der Waals surface area contributed by atoms with Crippen molar-refractivity contribution in [2.45, 2.75) is 17.4 Å². The van der Waals surface area contributed by atoms with Gasteiger partial charge in [-0.25, -0.2) is 8.42 Å². The number of nitrogens with zero attached hydrogens (tertiary/aromatic N) is 2. The first-order valence-electron chi connectivity index (χ1n) is 6.18. The van der Waals surface area contributed by atoms with Gasteiger partial charge in [-0.15, -0.1) is 0 Å². The average Bonchev–Trinajstić information content (AvgIpc) is 2.99. The molecule has 3 N–H and O–H groups in total. The number of benzene rings is 1. The maximum atomic E-state index is 12.6. The molecule has 8 nitrogen and oxygen atoms in total. The lowest BCUT2D eigenvalue weighted by atomic mass is 10.3. The first kappa shape index (κ1) is 16.0. The summed E-state index contributed by atoms with van der Waals surface area (Å²) in [5, 5.41) is 11.1. The first-order valence-corrected chi connectivity index (χ1v) is 8.78. The van der Waals surface area contributed by atoms with Crippen molar-refractivity contribution in [2.75, 3.05) is 24.0 Å². The number of hydrazine groups is 1. The van der Waals surface area contributed by atoms with Gasteiger partial charge >= 0.3 is 0 Å². The molecule has 0 spiro atoms. The molecule has 116 valence electrons. The van der Waals surface area contributed by atoms with Crippen LogP contribution in [0.1, 0.15) is 6.42 Å². The summed E-state index contributed by atoms with van der Waals surface area (Å²) in [6.45, 7) is 0. The number of sulfonamides is 1. The van der Waals surface area contributed by atoms with Crippen LogP contribution in [0.25, 0.3) is 0 Å². The molecule has 1 heterocycles. The number of anilines is 1. The van der Waals surface area contributed by atoms with Crippen molar-refractivity contribution >= 4 is 33.2 Å². The molecule has 1 atom stereocenters. The van der Waals surface area contributed by atoms with E-state index in [1.165, 1.54) is 23.5 Å². The number of nitro groups is 1. The Labute approximate surface area is 126 Å². The van der Waals surface area contributed by atoms with Gasteiger partial charge in [0, 0.05) is 24.9 Å². The van der Waals surface area contributed by atoms with Gasteiger partial charge in [-0.3, -0.25) is 16.0 Å². The maximum Gasteiger partial charge on any atom is 0.291 e. The van der Waals surface area contributed by atoms with Crippen molar-refractivity contribution in [3.05, 3.63) is 28.3 Å². The first-order chi connectivity index (χ1) is 9.87. The second-order valence-electron chi connectivity index (χ2n) is 4.62. The summed E-state index contributed by atoms with van der Waals surface area (Å²) in [5.41, 5.74) is 2.06. The average molecular weight is 332 g/mol. The third kappa shape index (κ3) is 3.12. The number of thioether (sulfide) groups is 1. The number of hydrogen-bond donors (Lipinski definition) is 2. The molecule has 1 aliphatic heterocycles. The largest absolute Gasteiger partial charge is 0.324 e. The van der Waals surface area contributed by atoms with Gasteiger partial charge in [-0.05, 0) is 24.3 Å². The van der Waals surface area contributed by atoms with Crippen molar-refractivity contribution in [3.8, 4) is 0 Å². The summed E-state index contributed by atoms with van der Waals surface area (Å²) in [6.07, 6.45) is 0.747. The van der Waals surface area contributed by atoms with Gasteiger partial charge in [0.2, 0.25) is 10.0 Å². The molecule has 0 aromatic heterocycles. The van der Waals surface area contributed by atoms with Gasteiger partial charge in [0.1, 0.15) is 0 Å². The van der Waals surface area contributed by atoms with Crippen LogP contribution in [-0.4, -0.2) is 42.2 Å². The van der Waals surface area contributed by atoms with Crippen LogP contribution in [0.2, 0.25) is 0 Å². The van der Waals surface area contributed by atoms with Crippen LogP contribution in [0.15, 0.2) is 23.1 Å². The van der Waals surface area contributed by atoms with Gasteiger partial charge in [-0.2, -0.15) is 16.1 Å². The van der Waals surface area contributed by atoms with E-state index in [-0.39, 0.29) is 16.6 Å². The molecule has 0 bridgehead atoms. The van der Waals surface area contributed by atoms with Crippen LogP contribution in [-0.2, 0) is 10.0 Å². The summed E-state index contributed by atoms with van der Waals surface area (Å²) in [5.74, 6) is 6.79. The fourth-order valence-corrected chi connectivity index (χ4v) is 5.01. The fourth-order valence-electron chi connectivity index (χ4n) is 2.13. The number of nitro benzene ring substituents is 1. The molecule has 0 saturated carbocycles. The maximum absolute atomic E-state index is 12.6. The summed E-state index contributed by atoms with van der Waals surface area (Å²) >= 11 is 1.67. The Morgan fingerprint density at radius 2 is 2.24 bits per heavy atom. The molecule has 1 aliphatic rings. The summed E-state index contributed by atoms with van der Waals surface area (Å²) in [7, 11) is -2.45. The van der Waals surface area contributed by atoms with Crippen molar-refractivity contribution in [1.82, 2.24) is 4.31 Å². The molecule has 0 amide bonds. The zero-order valence-electron chi connectivity index (χ0n) is 11.4. The SMILES string of the molecule is CN(C1CCSC1)S(=O)(=O)c1ccc(NN)cc1[N+](=O)[O-]. The predicted octanol–water partition coefficient (Wildman–Crippen LogP) is 1.01. The number of hydrogen-bond acceptors (Lipinski definition) is 7. The molecule has 1 saturated heterocycles. The van der Waals surface area contributed by atoms with Crippen LogP contribution in [0, 0.1) is 10.1 Å². The number of nitrogens with two attached hydrogens (primary N) is 1. The number of nitrogens with one attached hydrogen (secondary N) is 1. The zero-order chi connectivity index (χ0) is 15.6. The van der Waals surface area contributed by atoms with Gasteiger partial charge < -0.3 is 5.43 Å². The van der Waals surface area contributed by atoms with E-state index in [1.807, 2.05) is 0 Å². The highest BCUT2D eigenvalue weighted by molar-refractivity contribution is 7.99. The molecular weight excluding hydrogens is 316 g/mol. The van der Waals surface area contributed by atoms with E-state index in [1.54, 1.807) is 11.8 Å². The summed E-state index contributed by atoms with van der Waals surface area (Å²) in [4.78, 5) is 10.1. The molecule has 2 rings (SSSR count). The van der Waals surface area contributed by atoms with Crippen LogP contribution < -0.4 is 11.3 Å². The van der Waals surface area contributed by atoms with Crippen molar-refractivity contribution in [1.29, 1.82) is 0 Å². The topological polar surface area (TPSA) is 119 Å². The molecule has 1 aromatic rings. The Kier molecular flexibility index (Phi) is 4.71. The van der Waals surface area contributed by atoms with E-state index < -0.39 is 20.6 Å². The van der Waals surface area contributed by atoms with E-state index in [0.29, 0.717) is 5.75 Å². The smallest absolute Gasteiger partial charge is 0.291 e. The lowest BCUT2D eigenvalue weighted by Crippen LogP contribution is -2.37. The van der Waals surface area contributed by atoms with Gasteiger partial charge in [-0.1, -0.05) is 0 Å². The van der Waals surface area contributed by atoms with Crippen molar-refractivity contribution < 1.29 is 13.3 Å². The van der Waals surface area contributed by atoms with Crippen LogP contribution in [0.5, 0.6) is 0 Å². The Morgan fingerprint density at radius 1 is 1.52 bits per heavy atom. The van der Waals surface area contributed by atoms with Gasteiger partial charge in [0.25, 0.3) is 5.69 Å². The third-order valence-electron chi connectivity index (χ3n) is 3.40. The van der Waals surface area contributed by atoms with E-state index in [4.69, 9.17) is 5.84 Å². The third-order valence-corrected chi connectivity index (χ3v) is 6.50. The predicted molar refractivity (Wildman–Crippen MR) is 81.6 cm³/mol. The lowest BCUT2D eigenvalue weighted by Gasteiger charge is -2.23. The van der Waals surface area contributed by atoms with Crippen LogP contribution >= 0.6 is 11.8 Å². The highest BCUT2D eigenvalue weighted by atomic mass is 32.2. The lowest BCUT2D eigenvalue weighted by molar-refractivity contribution is -0.387. The van der Waals surface area contributed by atoms with Crippen LogP contribution in [0.4, 0.5) is 11.4 Å². The summed E-state index contributed by atoms with van der Waals surface area (Å²) in [6, 6.07) is 3.59. The second-order valence-corrected chi connectivity index (χ2v) is 7.74. The molecule has 21 heavy (non-hydrogen) atoms. The molecule has 0 radical (unpaired) electrons. The molecular formula is C11H16N4O4S2. The monoisotopic (exact) mass is 332 g/mol. The minimum Gasteiger partial charge on any atom is -0.324 e. The Balaban J connectivity index is 2.46. The Bertz CT molecular complexity index is 644. The minimum absolute atomic E-state index is 0.132. The van der Waals surface area contributed by atoms with E-state index in [2.05, 4.69) is 5.43 Å². The normalized spacial score (nSPS) is 18.9. The van der Waals surface area contributed by atoms with Crippen molar-refractivity contribution in [3.63, 3.8) is 0 Å². The number of rotatable bonds is 5. The van der Waals surface area contributed by atoms with Crippen molar-refractivity contribution in [2.24, 2.45) is 5.84 Å².